The van der Waals surface area contributed by atoms with Crippen LogP contribution >= 0.6 is 0 Å². The minimum atomic E-state index is -0.864. The maximum absolute atomic E-state index is 13.4. The van der Waals surface area contributed by atoms with E-state index in [0.29, 0.717) is 30.7 Å². The summed E-state index contributed by atoms with van der Waals surface area (Å²) in [5, 5.41) is 0. The first-order chi connectivity index (χ1) is 10.6. The number of carbonyl (C=O) groups excluding carboxylic acids is 1. The lowest BCUT2D eigenvalue weighted by Gasteiger charge is -2.28. The molecule has 0 aliphatic heterocycles. The van der Waals surface area contributed by atoms with E-state index in [1.807, 2.05) is 24.3 Å². The number of halogens is 1. The van der Waals surface area contributed by atoms with Crippen LogP contribution in [0.15, 0.2) is 42.5 Å². The first kappa shape index (κ1) is 14.6. The zero-order chi connectivity index (χ0) is 15.7. The van der Waals surface area contributed by atoms with Gasteiger partial charge in [-0.3, -0.25) is 4.79 Å². The largest absolute Gasteiger partial charge is 0.465 e. The highest BCUT2D eigenvalue weighted by molar-refractivity contribution is 5.87. The van der Waals surface area contributed by atoms with Crippen LogP contribution in [0.1, 0.15) is 23.6 Å². The molecule has 4 heteroatoms. The average molecular weight is 299 g/mol. The van der Waals surface area contributed by atoms with Gasteiger partial charge in [-0.05, 0) is 48.6 Å². The van der Waals surface area contributed by atoms with Crippen molar-refractivity contribution in [1.82, 2.24) is 0 Å². The summed E-state index contributed by atoms with van der Waals surface area (Å²) >= 11 is 0. The van der Waals surface area contributed by atoms with Gasteiger partial charge in [-0.25, -0.2) is 4.39 Å². The molecule has 0 spiro atoms. The molecule has 2 N–H and O–H groups in total. The summed E-state index contributed by atoms with van der Waals surface area (Å²) in [5.74, 6) is -0.708. The van der Waals surface area contributed by atoms with Crippen molar-refractivity contribution in [3.63, 3.8) is 0 Å². The van der Waals surface area contributed by atoms with Gasteiger partial charge in [0.15, 0.2) is 0 Å². The van der Waals surface area contributed by atoms with Crippen LogP contribution in [-0.4, -0.2) is 12.6 Å². The van der Waals surface area contributed by atoms with Gasteiger partial charge in [0.25, 0.3) is 0 Å². The number of ether oxygens (including phenoxy) is 1. The van der Waals surface area contributed by atoms with Crippen molar-refractivity contribution in [3.05, 3.63) is 65.0 Å². The smallest absolute Gasteiger partial charge is 0.317 e. The van der Waals surface area contributed by atoms with Crippen LogP contribution in [0.4, 0.5) is 10.1 Å². The number of hydrogen-bond acceptors (Lipinski definition) is 3. The molecule has 114 valence electrons. The molecule has 0 bridgehead atoms. The molecule has 2 aromatic carbocycles. The first-order valence-electron chi connectivity index (χ1n) is 7.36. The second kappa shape index (κ2) is 5.44. The number of rotatable bonds is 3. The van der Waals surface area contributed by atoms with Crippen molar-refractivity contribution in [2.24, 2.45) is 0 Å². The maximum atomic E-state index is 13.4. The normalized spacial score (nSPS) is 15.4. The lowest BCUT2D eigenvalue weighted by Crippen LogP contribution is -2.39. The summed E-state index contributed by atoms with van der Waals surface area (Å²) < 4.78 is 18.7. The van der Waals surface area contributed by atoms with Gasteiger partial charge in [0.1, 0.15) is 11.2 Å². The monoisotopic (exact) mass is 299 g/mol. The third-order valence-electron chi connectivity index (χ3n) is 4.30. The molecule has 0 amide bonds. The molecule has 0 aromatic heterocycles. The number of carbonyl (C=O) groups is 1. The Hall–Kier alpha value is -2.36. The van der Waals surface area contributed by atoms with Crippen molar-refractivity contribution in [2.75, 3.05) is 12.3 Å². The van der Waals surface area contributed by atoms with E-state index in [2.05, 4.69) is 0 Å². The van der Waals surface area contributed by atoms with Gasteiger partial charge in [-0.1, -0.05) is 30.3 Å². The van der Waals surface area contributed by atoms with Crippen LogP contribution in [0.5, 0.6) is 0 Å². The minimum absolute atomic E-state index is 0.292. The Bertz CT molecular complexity index is 702. The summed E-state index contributed by atoms with van der Waals surface area (Å²) in [5.41, 5.74) is 8.30. The molecular weight excluding hydrogens is 281 g/mol. The summed E-state index contributed by atoms with van der Waals surface area (Å²) in [4.78, 5) is 12.7. The Morgan fingerprint density at radius 1 is 1.23 bits per heavy atom. The van der Waals surface area contributed by atoms with Gasteiger partial charge in [-0.15, -0.1) is 0 Å². The standard InChI is InChI=1S/C18H18FNO2/c1-2-22-17(21)18(15-8-7-14(19)9-16(15)20)10-12-5-3-4-6-13(12)11-18/h3-9H,2,10-11,20H2,1H3. The topological polar surface area (TPSA) is 52.3 Å². The molecule has 1 aliphatic rings. The van der Waals surface area contributed by atoms with Gasteiger partial charge in [0.05, 0.1) is 6.61 Å². The fourth-order valence-corrected chi connectivity index (χ4v) is 3.30. The van der Waals surface area contributed by atoms with Crippen LogP contribution in [0, 0.1) is 5.82 Å². The lowest BCUT2D eigenvalue weighted by molar-refractivity contribution is -0.149. The van der Waals surface area contributed by atoms with E-state index in [0.717, 1.165) is 11.1 Å². The zero-order valence-electron chi connectivity index (χ0n) is 12.4. The molecule has 0 fully saturated rings. The number of nitrogen functional groups attached to an aromatic ring is 1. The van der Waals surface area contributed by atoms with Crippen molar-refractivity contribution in [1.29, 1.82) is 0 Å². The van der Waals surface area contributed by atoms with E-state index in [9.17, 15) is 9.18 Å². The van der Waals surface area contributed by atoms with Gasteiger partial charge >= 0.3 is 5.97 Å². The van der Waals surface area contributed by atoms with E-state index in [1.165, 1.54) is 12.1 Å². The molecule has 0 saturated heterocycles. The third kappa shape index (κ3) is 2.25. The Morgan fingerprint density at radius 2 is 1.86 bits per heavy atom. The lowest BCUT2D eigenvalue weighted by atomic mass is 9.77. The summed E-state index contributed by atoms with van der Waals surface area (Å²) in [6, 6.07) is 12.1. The fraction of sp³-hybridized carbons (Fsp3) is 0.278. The molecule has 0 atom stereocenters. The Morgan fingerprint density at radius 3 is 2.41 bits per heavy atom. The predicted octanol–water partition coefficient (Wildman–Crippen LogP) is 3.01. The Balaban J connectivity index is 2.12. The van der Waals surface area contributed by atoms with Crippen molar-refractivity contribution < 1.29 is 13.9 Å². The molecule has 0 radical (unpaired) electrons. The highest BCUT2D eigenvalue weighted by Gasteiger charge is 2.47. The van der Waals surface area contributed by atoms with Gasteiger partial charge in [0, 0.05) is 5.69 Å². The molecule has 1 aliphatic carbocycles. The van der Waals surface area contributed by atoms with Gasteiger partial charge < -0.3 is 10.5 Å². The molecule has 0 saturated carbocycles. The number of hydrogen-bond donors (Lipinski definition) is 1. The summed E-state index contributed by atoms with van der Waals surface area (Å²) in [7, 11) is 0. The maximum Gasteiger partial charge on any atom is 0.317 e. The molecule has 22 heavy (non-hydrogen) atoms. The van der Waals surface area contributed by atoms with Crippen LogP contribution in [0.2, 0.25) is 0 Å². The minimum Gasteiger partial charge on any atom is -0.465 e. The van der Waals surface area contributed by atoms with Crippen LogP contribution in [0.3, 0.4) is 0 Å². The molecule has 3 nitrogen and oxygen atoms in total. The van der Waals surface area contributed by atoms with Crippen molar-refractivity contribution >= 4 is 11.7 Å². The summed E-state index contributed by atoms with van der Waals surface area (Å²) in [6.07, 6.45) is 1.05. The first-order valence-corrected chi connectivity index (χ1v) is 7.36. The summed E-state index contributed by atoms with van der Waals surface area (Å²) in [6.45, 7) is 2.08. The highest BCUT2D eigenvalue weighted by Crippen LogP contribution is 2.43. The quantitative estimate of drug-likeness (QED) is 0.700. The van der Waals surface area contributed by atoms with E-state index in [-0.39, 0.29) is 5.97 Å². The second-order valence-corrected chi connectivity index (χ2v) is 5.66. The third-order valence-corrected chi connectivity index (χ3v) is 4.30. The van der Waals surface area contributed by atoms with E-state index < -0.39 is 11.2 Å². The van der Waals surface area contributed by atoms with Gasteiger partial charge in [-0.2, -0.15) is 0 Å². The van der Waals surface area contributed by atoms with E-state index in [1.54, 1.807) is 13.0 Å². The SMILES string of the molecule is CCOC(=O)C1(c2ccc(F)cc2N)Cc2ccccc2C1. The highest BCUT2D eigenvalue weighted by atomic mass is 19.1. The van der Waals surface area contributed by atoms with Crippen LogP contribution < -0.4 is 5.73 Å². The van der Waals surface area contributed by atoms with Crippen LogP contribution in [0.25, 0.3) is 0 Å². The molecular formula is C18H18FNO2. The number of esters is 1. The predicted molar refractivity (Wildman–Crippen MR) is 83.0 cm³/mol. The zero-order valence-corrected chi connectivity index (χ0v) is 12.4. The Kier molecular flexibility index (Phi) is 3.61. The molecule has 0 unspecified atom stereocenters. The van der Waals surface area contributed by atoms with Crippen molar-refractivity contribution in [3.8, 4) is 0 Å². The Labute approximate surface area is 128 Å². The number of fused-ring (bicyclic) bond motifs is 1. The number of nitrogens with two attached hydrogens (primary N) is 1. The van der Waals surface area contributed by atoms with Gasteiger partial charge in [0.2, 0.25) is 0 Å². The number of benzene rings is 2. The van der Waals surface area contributed by atoms with Crippen molar-refractivity contribution in [2.45, 2.75) is 25.2 Å². The molecule has 3 rings (SSSR count). The van der Waals surface area contributed by atoms with E-state index in [4.69, 9.17) is 10.5 Å². The second-order valence-electron chi connectivity index (χ2n) is 5.66. The average Bonchev–Trinajstić information content (AvgIpc) is 2.87. The van der Waals surface area contributed by atoms with Crippen LogP contribution in [-0.2, 0) is 27.8 Å². The molecule has 0 heterocycles. The number of anilines is 1. The fourth-order valence-electron chi connectivity index (χ4n) is 3.30. The van der Waals surface area contributed by atoms with E-state index >= 15 is 0 Å². The molecule has 2 aromatic rings.